The first-order chi connectivity index (χ1) is 10.9. The van der Waals surface area contributed by atoms with Crippen LogP contribution in [-0.4, -0.2) is 12.0 Å². The zero-order chi connectivity index (χ0) is 17.0. The Balaban J connectivity index is 1.99. The fourth-order valence-corrected chi connectivity index (χ4v) is 2.37. The zero-order valence-electron chi connectivity index (χ0n) is 14.5. The number of carbonyl (C=O) groups is 1. The molecule has 2 rings (SSSR count). The molecule has 1 N–H and O–H groups in total. The molecule has 2 aromatic rings. The number of amides is 1. The van der Waals surface area contributed by atoms with Crippen LogP contribution in [0.4, 0.5) is 5.69 Å². The SMILES string of the molecule is Cc1ccc(OC(C)C(=O)Nc2ccc(C(C)C)cc2)c(C)c1. The molecule has 2 aromatic carbocycles. The lowest BCUT2D eigenvalue weighted by Gasteiger charge is -2.17. The van der Waals surface area contributed by atoms with Crippen LogP contribution in [0.1, 0.15) is 43.4 Å². The second-order valence-electron chi connectivity index (χ2n) is 6.29. The van der Waals surface area contributed by atoms with Gasteiger partial charge in [0.25, 0.3) is 5.91 Å². The Hall–Kier alpha value is -2.29. The zero-order valence-corrected chi connectivity index (χ0v) is 14.5. The van der Waals surface area contributed by atoms with E-state index in [9.17, 15) is 4.79 Å². The predicted octanol–water partition coefficient (Wildman–Crippen LogP) is 4.83. The summed E-state index contributed by atoms with van der Waals surface area (Å²) in [5.41, 5.74) is 4.25. The molecule has 0 aliphatic heterocycles. The van der Waals surface area contributed by atoms with E-state index in [0.717, 1.165) is 17.0 Å². The Morgan fingerprint density at radius 3 is 2.22 bits per heavy atom. The summed E-state index contributed by atoms with van der Waals surface area (Å²) in [6.07, 6.45) is -0.554. The standard InChI is InChI=1S/C20H25NO2/c1-13(2)17-7-9-18(10-8-17)21-20(22)16(5)23-19-11-6-14(3)12-15(19)4/h6-13,16H,1-5H3,(H,21,22). The summed E-state index contributed by atoms with van der Waals surface area (Å²) < 4.78 is 5.78. The Kier molecular flexibility index (Phi) is 5.43. The first-order valence-electron chi connectivity index (χ1n) is 8.01. The van der Waals surface area contributed by atoms with E-state index in [1.807, 2.05) is 56.3 Å². The molecule has 3 heteroatoms. The second kappa shape index (κ2) is 7.32. The molecule has 23 heavy (non-hydrogen) atoms. The third-order valence-corrected chi connectivity index (χ3v) is 3.85. The van der Waals surface area contributed by atoms with Gasteiger partial charge in [0, 0.05) is 5.69 Å². The van der Waals surface area contributed by atoms with Crippen LogP contribution in [0.2, 0.25) is 0 Å². The van der Waals surface area contributed by atoms with Crippen molar-refractivity contribution in [1.29, 1.82) is 0 Å². The quantitative estimate of drug-likeness (QED) is 0.858. The van der Waals surface area contributed by atoms with Gasteiger partial charge in [-0.3, -0.25) is 4.79 Å². The van der Waals surface area contributed by atoms with Gasteiger partial charge in [0.2, 0.25) is 0 Å². The number of rotatable bonds is 5. The molecule has 122 valence electrons. The van der Waals surface area contributed by atoms with E-state index in [0.29, 0.717) is 5.92 Å². The highest BCUT2D eigenvalue weighted by Crippen LogP contribution is 2.21. The lowest BCUT2D eigenvalue weighted by atomic mass is 10.0. The number of benzene rings is 2. The molecule has 3 nitrogen and oxygen atoms in total. The molecule has 1 atom stereocenters. The summed E-state index contributed by atoms with van der Waals surface area (Å²) in [5.74, 6) is 1.07. The summed E-state index contributed by atoms with van der Waals surface area (Å²) in [5, 5.41) is 2.89. The minimum absolute atomic E-state index is 0.151. The van der Waals surface area contributed by atoms with E-state index in [4.69, 9.17) is 4.74 Å². The van der Waals surface area contributed by atoms with Crippen LogP contribution in [0.3, 0.4) is 0 Å². The molecule has 0 fully saturated rings. The van der Waals surface area contributed by atoms with Gasteiger partial charge in [0.15, 0.2) is 6.10 Å². The van der Waals surface area contributed by atoms with Gasteiger partial charge in [-0.1, -0.05) is 43.7 Å². The monoisotopic (exact) mass is 311 g/mol. The van der Waals surface area contributed by atoms with Gasteiger partial charge < -0.3 is 10.1 Å². The maximum Gasteiger partial charge on any atom is 0.265 e. The lowest BCUT2D eigenvalue weighted by molar-refractivity contribution is -0.122. The van der Waals surface area contributed by atoms with E-state index in [2.05, 4.69) is 19.2 Å². The summed E-state index contributed by atoms with van der Waals surface area (Å²) in [6, 6.07) is 13.9. The van der Waals surface area contributed by atoms with Crippen LogP contribution in [0, 0.1) is 13.8 Å². The maximum atomic E-state index is 12.3. The minimum Gasteiger partial charge on any atom is -0.481 e. The third kappa shape index (κ3) is 4.59. The van der Waals surface area contributed by atoms with Crippen molar-refractivity contribution in [3.63, 3.8) is 0 Å². The van der Waals surface area contributed by atoms with Gasteiger partial charge in [-0.15, -0.1) is 0 Å². The van der Waals surface area contributed by atoms with Crippen molar-refractivity contribution in [3.8, 4) is 5.75 Å². The van der Waals surface area contributed by atoms with E-state index in [1.54, 1.807) is 6.92 Å². The lowest BCUT2D eigenvalue weighted by Crippen LogP contribution is -2.30. The van der Waals surface area contributed by atoms with Crippen LogP contribution in [0.5, 0.6) is 5.75 Å². The fourth-order valence-electron chi connectivity index (χ4n) is 2.37. The topological polar surface area (TPSA) is 38.3 Å². The summed E-state index contributed by atoms with van der Waals surface area (Å²) >= 11 is 0. The van der Waals surface area contributed by atoms with Gasteiger partial charge in [-0.25, -0.2) is 0 Å². The van der Waals surface area contributed by atoms with Gasteiger partial charge in [-0.05, 0) is 56.0 Å². The average molecular weight is 311 g/mol. The molecular formula is C20H25NO2. The van der Waals surface area contributed by atoms with E-state index < -0.39 is 6.10 Å². The largest absolute Gasteiger partial charge is 0.481 e. The van der Waals surface area contributed by atoms with E-state index >= 15 is 0 Å². The predicted molar refractivity (Wildman–Crippen MR) is 95.2 cm³/mol. The smallest absolute Gasteiger partial charge is 0.265 e. The molecular weight excluding hydrogens is 286 g/mol. The molecule has 0 radical (unpaired) electrons. The Bertz CT molecular complexity index is 675. The van der Waals surface area contributed by atoms with Crippen LogP contribution < -0.4 is 10.1 Å². The number of hydrogen-bond donors (Lipinski definition) is 1. The molecule has 0 aromatic heterocycles. The van der Waals surface area contributed by atoms with Crippen molar-refractivity contribution in [3.05, 3.63) is 59.2 Å². The summed E-state index contributed by atoms with van der Waals surface area (Å²) in [7, 11) is 0. The summed E-state index contributed by atoms with van der Waals surface area (Å²) in [6.45, 7) is 10.1. The number of nitrogens with one attached hydrogen (secondary N) is 1. The van der Waals surface area contributed by atoms with Crippen molar-refractivity contribution >= 4 is 11.6 Å². The number of anilines is 1. The van der Waals surface area contributed by atoms with Crippen LogP contribution in [0.25, 0.3) is 0 Å². The van der Waals surface area contributed by atoms with Crippen LogP contribution in [0.15, 0.2) is 42.5 Å². The molecule has 1 unspecified atom stereocenters. The second-order valence-corrected chi connectivity index (χ2v) is 6.29. The van der Waals surface area contributed by atoms with Crippen molar-refractivity contribution in [2.24, 2.45) is 0 Å². The van der Waals surface area contributed by atoms with Crippen molar-refractivity contribution < 1.29 is 9.53 Å². The number of ether oxygens (including phenoxy) is 1. The molecule has 0 aliphatic rings. The molecule has 0 spiro atoms. The van der Waals surface area contributed by atoms with Gasteiger partial charge in [0.05, 0.1) is 0 Å². The van der Waals surface area contributed by atoms with Crippen molar-refractivity contribution in [1.82, 2.24) is 0 Å². The maximum absolute atomic E-state index is 12.3. The van der Waals surface area contributed by atoms with Gasteiger partial charge in [0.1, 0.15) is 5.75 Å². The molecule has 0 bridgehead atoms. The fraction of sp³-hybridized carbons (Fsp3) is 0.350. The van der Waals surface area contributed by atoms with Crippen LogP contribution >= 0.6 is 0 Å². The molecule has 1 amide bonds. The minimum atomic E-state index is -0.554. The normalized spacial score (nSPS) is 12.1. The Morgan fingerprint density at radius 1 is 1.00 bits per heavy atom. The summed E-state index contributed by atoms with van der Waals surface area (Å²) in [4.78, 5) is 12.3. The Morgan fingerprint density at radius 2 is 1.65 bits per heavy atom. The van der Waals surface area contributed by atoms with E-state index in [1.165, 1.54) is 11.1 Å². The molecule has 0 heterocycles. The molecule has 0 saturated carbocycles. The third-order valence-electron chi connectivity index (χ3n) is 3.85. The highest BCUT2D eigenvalue weighted by molar-refractivity contribution is 5.94. The van der Waals surface area contributed by atoms with Crippen molar-refractivity contribution in [2.75, 3.05) is 5.32 Å². The average Bonchev–Trinajstić information content (AvgIpc) is 2.50. The first-order valence-corrected chi connectivity index (χ1v) is 8.01. The van der Waals surface area contributed by atoms with Crippen LogP contribution in [-0.2, 0) is 4.79 Å². The van der Waals surface area contributed by atoms with Gasteiger partial charge in [-0.2, -0.15) is 0 Å². The van der Waals surface area contributed by atoms with E-state index in [-0.39, 0.29) is 5.91 Å². The highest BCUT2D eigenvalue weighted by atomic mass is 16.5. The number of carbonyl (C=O) groups excluding carboxylic acids is 1. The van der Waals surface area contributed by atoms with Crippen molar-refractivity contribution in [2.45, 2.75) is 46.6 Å². The highest BCUT2D eigenvalue weighted by Gasteiger charge is 2.16. The molecule has 0 saturated heterocycles. The number of hydrogen-bond acceptors (Lipinski definition) is 2. The Labute approximate surface area is 138 Å². The molecule has 0 aliphatic carbocycles. The number of aryl methyl sites for hydroxylation is 2. The first kappa shape index (κ1) is 17.1. The van der Waals surface area contributed by atoms with Gasteiger partial charge >= 0.3 is 0 Å².